The number of carbonyl (C=O) groups is 2. The molecule has 0 spiro atoms. The van der Waals surface area contributed by atoms with E-state index >= 15 is 0 Å². The van der Waals surface area contributed by atoms with Gasteiger partial charge in [0.2, 0.25) is 5.91 Å². The maximum atomic E-state index is 12.4. The first-order valence-corrected chi connectivity index (χ1v) is 11.7. The lowest BCUT2D eigenvalue weighted by Gasteiger charge is -2.19. The largest absolute Gasteiger partial charge is 0.444 e. The fourth-order valence-corrected chi connectivity index (χ4v) is 3.67. The SMILES string of the molecule is CC(C)(C)OC(=O)NCCc1cccc(-c2ccccc2CCC(=O)NCc2ccccc2)c1. The summed E-state index contributed by atoms with van der Waals surface area (Å²) in [5.74, 6) is 0.0422. The number of amides is 2. The molecule has 0 aliphatic carbocycles. The summed E-state index contributed by atoms with van der Waals surface area (Å²) < 4.78 is 5.29. The molecule has 0 heterocycles. The molecule has 3 rings (SSSR count). The van der Waals surface area contributed by atoms with Gasteiger partial charge in [0, 0.05) is 19.5 Å². The number of hydrogen-bond acceptors (Lipinski definition) is 3. The minimum atomic E-state index is -0.508. The van der Waals surface area contributed by atoms with Crippen LogP contribution in [0, 0.1) is 0 Å². The summed E-state index contributed by atoms with van der Waals surface area (Å²) in [6, 6.07) is 26.4. The van der Waals surface area contributed by atoms with Gasteiger partial charge in [-0.3, -0.25) is 4.79 Å². The van der Waals surface area contributed by atoms with E-state index in [1.54, 1.807) is 0 Å². The van der Waals surface area contributed by atoms with Gasteiger partial charge in [-0.25, -0.2) is 4.79 Å². The Morgan fingerprint density at radius 2 is 1.50 bits per heavy atom. The maximum absolute atomic E-state index is 12.4. The highest BCUT2D eigenvalue weighted by Crippen LogP contribution is 2.26. The standard InChI is InChI=1S/C29H34N2O3/c1-29(2,3)34-28(33)30-19-18-22-12-9-14-25(20-22)26-15-8-7-13-24(26)16-17-27(32)31-21-23-10-5-4-6-11-23/h4-15,20H,16-19,21H2,1-3H3,(H,30,33)(H,31,32). The van der Waals surface area contributed by atoms with Gasteiger partial charge in [-0.15, -0.1) is 0 Å². The molecule has 0 unspecified atom stereocenters. The van der Waals surface area contributed by atoms with Gasteiger partial charge >= 0.3 is 6.09 Å². The predicted molar refractivity (Wildman–Crippen MR) is 136 cm³/mol. The van der Waals surface area contributed by atoms with Crippen LogP contribution in [0.1, 0.15) is 43.9 Å². The van der Waals surface area contributed by atoms with E-state index in [-0.39, 0.29) is 5.91 Å². The van der Waals surface area contributed by atoms with Crippen molar-refractivity contribution < 1.29 is 14.3 Å². The second-order valence-electron chi connectivity index (χ2n) is 9.30. The second-order valence-corrected chi connectivity index (χ2v) is 9.30. The van der Waals surface area contributed by atoms with Crippen LogP contribution in [-0.2, 0) is 28.9 Å². The molecule has 5 heteroatoms. The van der Waals surface area contributed by atoms with E-state index in [1.165, 1.54) is 0 Å². The summed E-state index contributed by atoms with van der Waals surface area (Å²) in [7, 11) is 0. The van der Waals surface area contributed by atoms with E-state index in [9.17, 15) is 9.59 Å². The van der Waals surface area contributed by atoms with Crippen LogP contribution in [0.3, 0.4) is 0 Å². The van der Waals surface area contributed by atoms with Gasteiger partial charge in [-0.1, -0.05) is 78.9 Å². The quantitative estimate of drug-likeness (QED) is 0.434. The molecule has 34 heavy (non-hydrogen) atoms. The molecule has 0 saturated carbocycles. The molecule has 0 aromatic heterocycles. The molecule has 5 nitrogen and oxygen atoms in total. The predicted octanol–water partition coefficient (Wildman–Crippen LogP) is 5.67. The van der Waals surface area contributed by atoms with E-state index in [2.05, 4.69) is 41.0 Å². The Kier molecular flexibility index (Phi) is 8.86. The summed E-state index contributed by atoms with van der Waals surface area (Å²) in [5, 5.41) is 5.81. The van der Waals surface area contributed by atoms with Crippen LogP contribution in [0.4, 0.5) is 4.79 Å². The molecule has 0 radical (unpaired) electrons. The summed E-state index contributed by atoms with van der Waals surface area (Å²) in [5.41, 5.74) is 5.08. The maximum Gasteiger partial charge on any atom is 0.407 e. The molecule has 0 bridgehead atoms. The molecule has 178 valence electrons. The topological polar surface area (TPSA) is 67.4 Å². The summed E-state index contributed by atoms with van der Waals surface area (Å²) in [4.78, 5) is 24.3. The van der Waals surface area contributed by atoms with E-state index in [0.717, 1.165) is 27.8 Å². The molecule has 0 aliphatic rings. The monoisotopic (exact) mass is 458 g/mol. The number of carbonyl (C=O) groups excluding carboxylic acids is 2. The Morgan fingerprint density at radius 1 is 0.794 bits per heavy atom. The van der Waals surface area contributed by atoms with Crippen molar-refractivity contribution in [2.45, 2.75) is 52.2 Å². The van der Waals surface area contributed by atoms with Crippen LogP contribution < -0.4 is 10.6 Å². The van der Waals surface area contributed by atoms with Crippen LogP contribution in [0.2, 0.25) is 0 Å². The zero-order chi connectivity index (χ0) is 24.4. The first-order valence-electron chi connectivity index (χ1n) is 11.7. The van der Waals surface area contributed by atoms with Crippen molar-refractivity contribution in [2.75, 3.05) is 6.54 Å². The Hall–Kier alpha value is -3.60. The molecule has 2 amide bonds. The molecular formula is C29H34N2O3. The molecule has 0 saturated heterocycles. The van der Waals surface area contributed by atoms with Crippen LogP contribution in [-0.4, -0.2) is 24.1 Å². The number of rotatable bonds is 9. The van der Waals surface area contributed by atoms with Crippen molar-refractivity contribution in [2.24, 2.45) is 0 Å². The normalized spacial score (nSPS) is 11.0. The lowest BCUT2D eigenvalue weighted by molar-refractivity contribution is -0.121. The minimum Gasteiger partial charge on any atom is -0.444 e. The van der Waals surface area contributed by atoms with Crippen LogP contribution in [0.15, 0.2) is 78.9 Å². The van der Waals surface area contributed by atoms with Crippen molar-refractivity contribution in [3.63, 3.8) is 0 Å². The number of aryl methyl sites for hydroxylation is 1. The number of alkyl carbamates (subject to hydrolysis) is 1. The van der Waals surface area contributed by atoms with Crippen molar-refractivity contribution in [1.82, 2.24) is 10.6 Å². The minimum absolute atomic E-state index is 0.0422. The third kappa shape index (κ3) is 8.39. The average Bonchev–Trinajstić information content (AvgIpc) is 2.81. The highest BCUT2D eigenvalue weighted by atomic mass is 16.6. The van der Waals surface area contributed by atoms with Gasteiger partial charge in [-0.05, 0) is 61.4 Å². The van der Waals surface area contributed by atoms with Gasteiger partial charge in [0.05, 0.1) is 0 Å². The fraction of sp³-hybridized carbons (Fsp3) is 0.310. The molecular weight excluding hydrogens is 424 g/mol. The third-order valence-corrected chi connectivity index (χ3v) is 5.29. The number of benzene rings is 3. The Labute approximate surface area is 202 Å². The molecule has 0 fully saturated rings. The lowest BCUT2D eigenvalue weighted by atomic mass is 9.95. The molecule has 0 atom stereocenters. The Morgan fingerprint density at radius 3 is 2.26 bits per heavy atom. The smallest absolute Gasteiger partial charge is 0.407 e. The van der Waals surface area contributed by atoms with Gasteiger partial charge in [0.1, 0.15) is 5.60 Å². The van der Waals surface area contributed by atoms with Crippen molar-refractivity contribution in [3.8, 4) is 11.1 Å². The van der Waals surface area contributed by atoms with Gasteiger partial charge in [0.25, 0.3) is 0 Å². The van der Waals surface area contributed by atoms with E-state index in [0.29, 0.717) is 32.4 Å². The lowest BCUT2D eigenvalue weighted by Crippen LogP contribution is -2.33. The van der Waals surface area contributed by atoms with E-state index in [1.807, 2.05) is 69.3 Å². The third-order valence-electron chi connectivity index (χ3n) is 5.29. The Bertz CT molecular complexity index is 1090. The first kappa shape index (κ1) is 25.0. The fourth-order valence-electron chi connectivity index (χ4n) is 3.67. The molecule has 2 N–H and O–H groups in total. The van der Waals surface area contributed by atoms with Crippen molar-refractivity contribution in [3.05, 3.63) is 95.6 Å². The summed E-state index contributed by atoms with van der Waals surface area (Å²) >= 11 is 0. The van der Waals surface area contributed by atoms with Crippen LogP contribution in [0.25, 0.3) is 11.1 Å². The Balaban J connectivity index is 1.57. The van der Waals surface area contributed by atoms with Gasteiger partial charge in [-0.2, -0.15) is 0 Å². The zero-order valence-corrected chi connectivity index (χ0v) is 20.3. The van der Waals surface area contributed by atoms with Gasteiger partial charge < -0.3 is 15.4 Å². The number of nitrogens with one attached hydrogen (secondary N) is 2. The summed E-state index contributed by atoms with van der Waals surface area (Å²) in [6.45, 7) is 6.59. The van der Waals surface area contributed by atoms with Crippen molar-refractivity contribution in [1.29, 1.82) is 0 Å². The molecule has 0 aliphatic heterocycles. The zero-order valence-electron chi connectivity index (χ0n) is 20.3. The molecule has 3 aromatic carbocycles. The second kappa shape index (κ2) is 12.0. The van der Waals surface area contributed by atoms with Crippen molar-refractivity contribution >= 4 is 12.0 Å². The van der Waals surface area contributed by atoms with Crippen LogP contribution >= 0.6 is 0 Å². The number of ether oxygens (including phenoxy) is 1. The van der Waals surface area contributed by atoms with E-state index < -0.39 is 11.7 Å². The number of hydrogen-bond donors (Lipinski definition) is 2. The van der Waals surface area contributed by atoms with Crippen LogP contribution in [0.5, 0.6) is 0 Å². The first-order chi connectivity index (χ1) is 16.3. The highest BCUT2D eigenvalue weighted by molar-refractivity contribution is 5.77. The molecule has 3 aromatic rings. The average molecular weight is 459 g/mol. The van der Waals surface area contributed by atoms with E-state index in [4.69, 9.17) is 4.74 Å². The summed E-state index contributed by atoms with van der Waals surface area (Å²) in [6.07, 6.45) is 1.40. The van der Waals surface area contributed by atoms with Gasteiger partial charge in [0.15, 0.2) is 0 Å². The highest BCUT2D eigenvalue weighted by Gasteiger charge is 2.15.